The van der Waals surface area contributed by atoms with Crippen molar-refractivity contribution in [2.45, 2.75) is 6.54 Å². The van der Waals surface area contributed by atoms with E-state index in [-0.39, 0.29) is 11.5 Å². The fraction of sp³-hybridized carbons (Fsp3) is 0.0526. The highest BCUT2D eigenvalue weighted by atomic mass is 16.3. The normalized spacial score (nSPS) is 10.4. The summed E-state index contributed by atoms with van der Waals surface area (Å²) in [5, 5.41) is 9.31. The molecular formula is C19H16NO2+. The number of phenols is 1. The summed E-state index contributed by atoms with van der Waals surface area (Å²) in [5.74, 6) is 0.339. The Kier molecular flexibility index (Phi) is 3.97. The molecular weight excluding hydrogens is 274 g/mol. The van der Waals surface area contributed by atoms with E-state index >= 15 is 0 Å². The van der Waals surface area contributed by atoms with Crippen LogP contribution in [0.5, 0.6) is 5.75 Å². The van der Waals surface area contributed by atoms with Crippen LogP contribution in [-0.2, 0) is 6.54 Å². The van der Waals surface area contributed by atoms with E-state index in [1.54, 1.807) is 12.1 Å². The summed E-state index contributed by atoms with van der Waals surface area (Å²) in [6.07, 6.45) is 3.78. The Hall–Kier alpha value is -2.94. The summed E-state index contributed by atoms with van der Waals surface area (Å²) in [4.78, 5) is 12.2. The number of hydrogen-bond donors (Lipinski definition) is 1. The van der Waals surface area contributed by atoms with Gasteiger partial charge in [-0.15, -0.1) is 0 Å². The van der Waals surface area contributed by atoms with Crippen molar-refractivity contribution in [2.24, 2.45) is 0 Å². The Morgan fingerprint density at radius 3 is 2.05 bits per heavy atom. The molecule has 3 heteroatoms. The molecule has 3 aromatic rings. The summed E-state index contributed by atoms with van der Waals surface area (Å²) < 4.78 is 1.86. The zero-order chi connectivity index (χ0) is 15.4. The Morgan fingerprint density at radius 2 is 1.41 bits per heavy atom. The molecule has 0 amide bonds. The molecule has 108 valence electrons. The van der Waals surface area contributed by atoms with Crippen LogP contribution in [0, 0.1) is 0 Å². The number of rotatable bonds is 4. The number of ketones is 1. The van der Waals surface area contributed by atoms with E-state index in [9.17, 15) is 9.90 Å². The van der Waals surface area contributed by atoms with Crippen molar-refractivity contribution in [3.8, 4) is 16.9 Å². The third-order valence-corrected chi connectivity index (χ3v) is 3.51. The Morgan fingerprint density at radius 1 is 0.818 bits per heavy atom. The number of carbonyl (C=O) groups excluding carboxylic acids is 1. The first kappa shape index (κ1) is 14.0. The molecule has 1 heterocycles. The van der Waals surface area contributed by atoms with Gasteiger partial charge < -0.3 is 5.11 Å². The largest absolute Gasteiger partial charge is 0.508 e. The molecule has 3 rings (SSSR count). The van der Waals surface area contributed by atoms with Crippen molar-refractivity contribution < 1.29 is 14.5 Å². The number of aromatic hydroxyl groups is 1. The predicted octanol–water partition coefficient (Wildman–Crippen LogP) is 3.23. The van der Waals surface area contributed by atoms with Crippen LogP contribution in [0.25, 0.3) is 11.1 Å². The molecule has 3 nitrogen and oxygen atoms in total. The van der Waals surface area contributed by atoms with Crippen LogP contribution in [-0.4, -0.2) is 10.9 Å². The number of nitrogens with zero attached hydrogens (tertiary/aromatic N) is 1. The van der Waals surface area contributed by atoms with E-state index in [0.717, 1.165) is 16.7 Å². The lowest BCUT2D eigenvalue weighted by Crippen LogP contribution is -2.37. The molecule has 0 aliphatic carbocycles. The molecule has 22 heavy (non-hydrogen) atoms. The van der Waals surface area contributed by atoms with Gasteiger partial charge in [-0.3, -0.25) is 4.79 Å². The lowest BCUT2D eigenvalue weighted by Gasteiger charge is -2.02. The van der Waals surface area contributed by atoms with Gasteiger partial charge >= 0.3 is 0 Å². The summed E-state index contributed by atoms with van der Waals surface area (Å²) in [6, 6.07) is 20.3. The van der Waals surface area contributed by atoms with Crippen molar-refractivity contribution in [3.05, 3.63) is 84.7 Å². The van der Waals surface area contributed by atoms with Crippen LogP contribution in [0.3, 0.4) is 0 Å². The first-order valence-electron chi connectivity index (χ1n) is 7.09. The highest BCUT2D eigenvalue weighted by molar-refractivity contribution is 5.94. The van der Waals surface area contributed by atoms with Gasteiger partial charge in [0.25, 0.3) is 0 Å². The quantitative estimate of drug-likeness (QED) is 0.592. The Labute approximate surface area is 129 Å². The molecule has 0 saturated carbocycles. The van der Waals surface area contributed by atoms with E-state index in [2.05, 4.69) is 0 Å². The van der Waals surface area contributed by atoms with Gasteiger partial charge in [0.1, 0.15) is 5.75 Å². The molecule has 0 aliphatic rings. The van der Waals surface area contributed by atoms with Crippen LogP contribution in [0.1, 0.15) is 10.4 Å². The minimum absolute atomic E-state index is 0.0861. The summed E-state index contributed by atoms with van der Waals surface area (Å²) in [6.45, 7) is 0.319. The number of pyridine rings is 1. The molecule has 0 spiro atoms. The molecule has 0 unspecified atom stereocenters. The van der Waals surface area contributed by atoms with E-state index in [1.807, 2.05) is 71.6 Å². The molecule has 0 aliphatic heterocycles. The number of carbonyl (C=O) groups is 1. The van der Waals surface area contributed by atoms with Gasteiger partial charge in [0.05, 0.1) is 0 Å². The van der Waals surface area contributed by atoms with E-state index in [0.29, 0.717) is 6.54 Å². The SMILES string of the molecule is O=C(C[n+]1ccc(-c2ccc(O)cc2)cc1)c1ccccc1. The van der Waals surface area contributed by atoms with E-state index < -0.39 is 0 Å². The minimum Gasteiger partial charge on any atom is -0.508 e. The third kappa shape index (κ3) is 3.20. The smallest absolute Gasteiger partial charge is 0.227 e. The molecule has 0 saturated heterocycles. The zero-order valence-corrected chi connectivity index (χ0v) is 12.0. The topological polar surface area (TPSA) is 41.2 Å². The van der Waals surface area contributed by atoms with Crippen LogP contribution in [0.2, 0.25) is 0 Å². The second-order valence-corrected chi connectivity index (χ2v) is 5.10. The molecule has 0 radical (unpaired) electrons. The van der Waals surface area contributed by atoms with E-state index in [4.69, 9.17) is 0 Å². The van der Waals surface area contributed by atoms with Gasteiger partial charge in [-0.2, -0.15) is 4.57 Å². The average Bonchev–Trinajstić information content (AvgIpc) is 2.57. The zero-order valence-electron chi connectivity index (χ0n) is 12.0. The van der Waals surface area contributed by atoms with Crippen LogP contribution < -0.4 is 4.57 Å². The van der Waals surface area contributed by atoms with Crippen molar-refractivity contribution in [3.63, 3.8) is 0 Å². The lowest BCUT2D eigenvalue weighted by molar-refractivity contribution is -0.683. The van der Waals surface area contributed by atoms with E-state index in [1.165, 1.54) is 0 Å². The fourth-order valence-corrected chi connectivity index (χ4v) is 2.29. The highest BCUT2D eigenvalue weighted by Gasteiger charge is 2.11. The van der Waals surface area contributed by atoms with Gasteiger partial charge in [-0.1, -0.05) is 42.5 Å². The first-order chi connectivity index (χ1) is 10.7. The second kappa shape index (κ2) is 6.22. The number of benzene rings is 2. The monoisotopic (exact) mass is 290 g/mol. The molecule has 0 bridgehead atoms. The molecule has 1 N–H and O–H groups in total. The molecule has 0 atom stereocenters. The highest BCUT2D eigenvalue weighted by Crippen LogP contribution is 2.20. The van der Waals surface area contributed by atoms with Crippen molar-refractivity contribution in [1.29, 1.82) is 0 Å². The van der Waals surface area contributed by atoms with Crippen molar-refractivity contribution in [1.82, 2.24) is 0 Å². The second-order valence-electron chi connectivity index (χ2n) is 5.10. The maximum Gasteiger partial charge on any atom is 0.227 e. The third-order valence-electron chi connectivity index (χ3n) is 3.51. The van der Waals surface area contributed by atoms with Gasteiger partial charge in [-0.05, 0) is 23.3 Å². The summed E-state index contributed by atoms with van der Waals surface area (Å²) >= 11 is 0. The van der Waals surface area contributed by atoms with Gasteiger partial charge in [0.15, 0.2) is 12.4 Å². The molecule has 1 aromatic heterocycles. The molecule has 2 aromatic carbocycles. The van der Waals surface area contributed by atoms with Crippen LogP contribution in [0.15, 0.2) is 79.1 Å². The Balaban J connectivity index is 1.74. The number of phenolic OH excluding ortho intramolecular Hbond substituents is 1. The summed E-state index contributed by atoms with van der Waals surface area (Å²) in [7, 11) is 0. The Bertz CT molecular complexity index is 763. The number of hydrogen-bond acceptors (Lipinski definition) is 2. The van der Waals surface area contributed by atoms with Crippen molar-refractivity contribution in [2.75, 3.05) is 0 Å². The maximum absolute atomic E-state index is 12.2. The lowest BCUT2D eigenvalue weighted by atomic mass is 10.1. The van der Waals surface area contributed by atoms with Gasteiger partial charge in [-0.25, -0.2) is 0 Å². The van der Waals surface area contributed by atoms with Crippen LogP contribution in [0.4, 0.5) is 0 Å². The van der Waals surface area contributed by atoms with Crippen molar-refractivity contribution >= 4 is 5.78 Å². The molecule has 0 fully saturated rings. The van der Waals surface area contributed by atoms with Gasteiger partial charge in [0, 0.05) is 17.7 Å². The predicted molar refractivity (Wildman–Crippen MR) is 84.5 cm³/mol. The fourth-order valence-electron chi connectivity index (χ4n) is 2.29. The summed E-state index contributed by atoms with van der Waals surface area (Å²) in [5.41, 5.74) is 2.79. The average molecular weight is 290 g/mol. The first-order valence-corrected chi connectivity index (χ1v) is 7.09. The van der Waals surface area contributed by atoms with Gasteiger partial charge in [0.2, 0.25) is 12.3 Å². The number of aromatic nitrogens is 1. The van der Waals surface area contributed by atoms with Crippen LogP contribution >= 0.6 is 0 Å². The maximum atomic E-state index is 12.2. The number of Topliss-reactive ketones (excluding diaryl/α,β-unsaturated/α-hetero) is 1. The minimum atomic E-state index is 0.0861. The standard InChI is InChI=1S/C19H15NO2/c21-18-8-6-15(7-9-18)16-10-12-20(13-11-16)14-19(22)17-4-2-1-3-5-17/h1-13H,14H2/p+1.